The van der Waals surface area contributed by atoms with E-state index in [0.717, 1.165) is 22.0 Å². The Labute approximate surface area is 248 Å². The molecule has 1 N–H and O–H groups in total. The average Bonchev–Trinajstić information content (AvgIpc) is 3.03. The van der Waals surface area contributed by atoms with Gasteiger partial charge in [0.1, 0.15) is 0 Å². The van der Waals surface area contributed by atoms with Gasteiger partial charge in [0.25, 0.3) is 5.56 Å². The highest BCUT2D eigenvalue weighted by Crippen LogP contribution is 2.42. The lowest BCUT2D eigenvalue weighted by atomic mass is 9.88. The van der Waals surface area contributed by atoms with Crippen molar-refractivity contribution in [3.8, 4) is 11.1 Å². The van der Waals surface area contributed by atoms with Crippen LogP contribution in [-0.2, 0) is 0 Å². The van der Waals surface area contributed by atoms with E-state index in [1.807, 2.05) is 48.5 Å². The molecule has 9 heteroatoms. The fourth-order valence-corrected chi connectivity index (χ4v) is 5.88. The van der Waals surface area contributed by atoms with Crippen molar-refractivity contribution in [2.45, 2.75) is 18.6 Å². The van der Waals surface area contributed by atoms with Crippen molar-refractivity contribution in [3.63, 3.8) is 0 Å². The Hall–Kier alpha value is -5.57. The van der Waals surface area contributed by atoms with Crippen molar-refractivity contribution in [2.24, 2.45) is 0 Å². The van der Waals surface area contributed by atoms with Gasteiger partial charge in [-0.15, -0.1) is 0 Å². The molecular formula is C35H22F3N3O3. The molecule has 3 aromatic carbocycles. The second-order valence-electron chi connectivity index (χ2n) is 10.7. The van der Waals surface area contributed by atoms with Crippen LogP contribution in [0.2, 0.25) is 0 Å². The number of halogens is 3. The fraction of sp³-hybridized carbons (Fsp3) is 0.0857. The van der Waals surface area contributed by atoms with Crippen LogP contribution in [0.15, 0.2) is 120 Å². The Morgan fingerprint density at radius 3 is 2.34 bits per heavy atom. The van der Waals surface area contributed by atoms with E-state index in [1.54, 1.807) is 24.5 Å². The number of allylic oxidation sites excluding steroid dienone is 4. The first-order valence-electron chi connectivity index (χ1n) is 13.8. The van der Waals surface area contributed by atoms with E-state index in [2.05, 4.69) is 9.97 Å². The third kappa shape index (κ3) is 4.72. The molecule has 0 saturated carbocycles. The van der Waals surface area contributed by atoms with Crippen LogP contribution in [0.5, 0.6) is 0 Å². The Balaban J connectivity index is 1.38. The number of rotatable bonds is 4. The number of nitrogens with zero attached hydrogens (tertiary/aromatic N) is 3. The molecule has 0 fully saturated rings. The number of benzene rings is 3. The van der Waals surface area contributed by atoms with E-state index in [9.17, 15) is 27.9 Å². The number of pyridine rings is 3. The lowest BCUT2D eigenvalue weighted by molar-refractivity contribution is -0.0942. The Morgan fingerprint density at radius 1 is 0.818 bits per heavy atom. The summed E-state index contributed by atoms with van der Waals surface area (Å²) >= 11 is 0. The summed E-state index contributed by atoms with van der Waals surface area (Å²) in [5.74, 6) is -1.17. The van der Waals surface area contributed by atoms with E-state index in [4.69, 9.17) is 0 Å². The normalized spacial score (nSPS) is 15.4. The number of para-hydroxylation sites is 1. The van der Waals surface area contributed by atoms with E-state index in [-0.39, 0.29) is 16.7 Å². The van der Waals surface area contributed by atoms with Crippen molar-refractivity contribution < 1.29 is 23.1 Å². The number of carboxylic acids is 1. The van der Waals surface area contributed by atoms with Crippen LogP contribution in [0.4, 0.5) is 13.2 Å². The minimum absolute atomic E-state index is 0.0257. The maximum atomic E-state index is 14.5. The van der Waals surface area contributed by atoms with Gasteiger partial charge in [-0.3, -0.25) is 14.8 Å². The van der Waals surface area contributed by atoms with Crippen LogP contribution in [0, 0.1) is 0 Å². The number of carboxylic acid groups (broad SMARTS) is 1. The summed E-state index contributed by atoms with van der Waals surface area (Å²) in [6, 6.07) is 22.7. The zero-order valence-electron chi connectivity index (χ0n) is 22.9. The van der Waals surface area contributed by atoms with E-state index in [0.29, 0.717) is 21.8 Å². The summed E-state index contributed by atoms with van der Waals surface area (Å²) in [4.78, 5) is 33.8. The minimum atomic E-state index is -4.68. The molecule has 7 rings (SSSR count). The first-order valence-corrected chi connectivity index (χ1v) is 13.8. The van der Waals surface area contributed by atoms with Crippen LogP contribution >= 0.6 is 0 Å². The summed E-state index contributed by atoms with van der Waals surface area (Å²) in [6.45, 7) is 0. The molecule has 0 radical (unpaired) electrons. The Bertz CT molecular complexity index is 2250. The largest absolute Gasteiger partial charge is 0.478 e. The second-order valence-corrected chi connectivity index (χ2v) is 10.7. The van der Waals surface area contributed by atoms with Gasteiger partial charge in [0, 0.05) is 52.2 Å². The van der Waals surface area contributed by atoms with Gasteiger partial charge in [-0.05, 0) is 59.2 Å². The number of hydrogen-bond donors (Lipinski definition) is 1. The quantitative estimate of drug-likeness (QED) is 0.211. The first-order chi connectivity index (χ1) is 21.2. The lowest BCUT2D eigenvalue weighted by Crippen LogP contribution is -2.28. The number of alkyl halides is 3. The SMILES string of the molecule is O=C(O)c1ccc(C2=C(C(F)(F)F)CC(n3c(=O)ccc4cnc5ccc(-c6cnc7ccccc7c6)cc5c43)C=C2)cc1. The molecule has 3 heterocycles. The van der Waals surface area contributed by atoms with Crippen molar-refractivity contribution in [1.29, 1.82) is 0 Å². The molecule has 216 valence electrons. The van der Waals surface area contributed by atoms with Crippen LogP contribution in [0.25, 0.3) is 49.4 Å². The molecule has 1 aliphatic carbocycles. The molecule has 0 aliphatic heterocycles. The highest BCUT2D eigenvalue weighted by atomic mass is 19.4. The zero-order valence-corrected chi connectivity index (χ0v) is 22.9. The molecule has 0 bridgehead atoms. The van der Waals surface area contributed by atoms with Crippen LogP contribution < -0.4 is 5.56 Å². The van der Waals surface area contributed by atoms with Crippen LogP contribution in [-0.4, -0.2) is 31.8 Å². The number of fused-ring (bicyclic) bond motifs is 4. The number of aromatic nitrogens is 3. The van der Waals surface area contributed by atoms with Gasteiger partial charge in [0.15, 0.2) is 0 Å². The summed E-state index contributed by atoms with van der Waals surface area (Å²) < 4.78 is 44.9. The molecular weight excluding hydrogens is 567 g/mol. The summed E-state index contributed by atoms with van der Waals surface area (Å²) in [6.07, 6.45) is 1.19. The molecule has 1 unspecified atom stereocenters. The maximum Gasteiger partial charge on any atom is 0.413 e. The van der Waals surface area contributed by atoms with Crippen molar-refractivity contribution in [1.82, 2.24) is 14.5 Å². The second kappa shape index (κ2) is 10.3. The van der Waals surface area contributed by atoms with Gasteiger partial charge in [0.2, 0.25) is 0 Å². The van der Waals surface area contributed by atoms with Gasteiger partial charge in [-0.2, -0.15) is 13.2 Å². The molecule has 3 aromatic heterocycles. The predicted octanol–water partition coefficient (Wildman–Crippen LogP) is 7.98. The smallest absolute Gasteiger partial charge is 0.413 e. The van der Waals surface area contributed by atoms with Crippen LogP contribution in [0.3, 0.4) is 0 Å². The fourth-order valence-electron chi connectivity index (χ4n) is 5.88. The first kappa shape index (κ1) is 27.3. The third-order valence-corrected chi connectivity index (χ3v) is 8.02. The van der Waals surface area contributed by atoms with E-state index >= 15 is 0 Å². The zero-order chi connectivity index (χ0) is 30.6. The standard InChI is InChI=1S/C35H22F3N3O3/c36-35(37,38)29-17-26(11-12-27(29)20-5-7-21(8-6-20)34(43)44)41-32(42)14-10-24-18-40-31-13-9-22(16-28(31)33(24)41)25-15-23-3-1-2-4-30(23)39-19-25/h1-16,18-19,26H,17H2,(H,43,44). The number of carbonyl (C=O) groups is 1. The molecule has 0 amide bonds. The van der Waals surface area contributed by atoms with Crippen molar-refractivity contribution >= 4 is 44.3 Å². The van der Waals surface area contributed by atoms with Crippen molar-refractivity contribution in [2.75, 3.05) is 0 Å². The van der Waals surface area contributed by atoms with Crippen molar-refractivity contribution in [3.05, 3.63) is 137 Å². The minimum Gasteiger partial charge on any atom is -0.478 e. The summed E-state index contributed by atoms with van der Waals surface area (Å²) in [5, 5.41) is 11.4. The van der Waals surface area contributed by atoms with Gasteiger partial charge < -0.3 is 9.67 Å². The van der Waals surface area contributed by atoms with Gasteiger partial charge in [0.05, 0.1) is 28.2 Å². The molecule has 0 spiro atoms. The van der Waals surface area contributed by atoms with Gasteiger partial charge in [-0.25, -0.2) is 4.79 Å². The molecule has 6 aromatic rings. The summed E-state index contributed by atoms with van der Waals surface area (Å²) in [5.41, 5.74) is 2.55. The van der Waals surface area contributed by atoms with E-state index < -0.39 is 35.7 Å². The lowest BCUT2D eigenvalue weighted by Gasteiger charge is -2.27. The molecule has 1 aliphatic rings. The number of hydrogen-bond acceptors (Lipinski definition) is 4. The number of aromatic carboxylic acids is 1. The van der Waals surface area contributed by atoms with Crippen LogP contribution in [0.1, 0.15) is 28.4 Å². The molecule has 44 heavy (non-hydrogen) atoms. The Morgan fingerprint density at radius 2 is 1.57 bits per heavy atom. The van der Waals surface area contributed by atoms with E-state index in [1.165, 1.54) is 41.0 Å². The molecule has 1 atom stereocenters. The average molecular weight is 590 g/mol. The monoisotopic (exact) mass is 589 g/mol. The maximum absolute atomic E-state index is 14.5. The van der Waals surface area contributed by atoms with Gasteiger partial charge in [-0.1, -0.05) is 48.6 Å². The highest BCUT2D eigenvalue weighted by Gasteiger charge is 2.39. The van der Waals surface area contributed by atoms with Gasteiger partial charge >= 0.3 is 12.1 Å². The topological polar surface area (TPSA) is 85.1 Å². The summed E-state index contributed by atoms with van der Waals surface area (Å²) in [7, 11) is 0. The molecule has 6 nitrogen and oxygen atoms in total. The predicted molar refractivity (Wildman–Crippen MR) is 163 cm³/mol. The molecule has 0 saturated heterocycles. The third-order valence-electron chi connectivity index (χ3n) is 8.02. The highest BCUT2D eigenvalue weighted by molar-refractivity contribution is 6.05. The Kier molecular flexibility index (Phi) is 6.39.